The molecule has 0 aliphatic heterocycles. The first-order valence-corrected chi connectivity index (χ1v) is 6.33. The van der Waals surface area contributed by atoms with Gasteiger partial charge in [0.1, 0.15) is 5.82 Å². The van der Waals surface area contributed by atoms with Crippen molar-refractivity contribution in [1.29, 1.82) is 0 Å². The van der Waals surface area contributed by atoms with Crippen molar-refractivity contribution in [1.82, 2.24) is 9.97 Å². The van der Waals surface area contributed by atoms with E-state index in [9.17, 15) is 13.9 Å². The highest BCUT2D eigenvalue weighted by Gasteiger charge is 2.09. The van der Waals surface area contributed by atoms with E-state index in [0.717, 1.165) is 12.1 Å². The Morgan fingerprint density at radius 2 is 1.95 bits per heavy atom. The van der Waals surface area contributed by atoms with Crippen molar-refractivity contribution in [3.8, 4) is 11.4 Å². The van der Waals surface area contributed by atoms with Crippen LogP contribution in [0.2, 0.25) is 0 Å². The quantitative estimate of drug-likeness (QED) is 0.779. The van der Waals surface area contributed by atoms with Gasteiger partial charge < -0.3 is 15.5 Å². The Balaban J connectivity index is 2.27. The number of aliphatic hydroxyl groups excluding tert-OH is 2. The van der Waals surface area contributed by atoms with E-state index in [4.69, 9.17) is 5.11 Å². The minimum Gasteiger partial charge on any atom is -0.394 e. The van der Waals surface area contributed by atoms with Crippen molar-refractivity contribution < 1.29 is 19.0 Å². The maximum Gasteiger partial charge on any atom is 0.161 e. The molecule has 1 atom stereocenters. The first-order chi connectivity index (χ1) is 9.99. The van der Waals surface area contributed by atoms with Crippen LogP contribution in [0.4, 0.5) is 14.6 Å². The lowest BCUT2D eigenvalue weighted by Gasteiger charge is -2.11. The first-order valence-electron chi connectivity index (χ1n) is 6.33. The Kier molecular flexibility index (Phi) is 4.77. The molecular weight excluding hydrogens is 280 g/mol. The van der Waals surface area contributed by atoms with Gasteiger partial charge >= 0.3 is 0 Å². The molecule has 112 valence electrons. The van der Waals surface area contributed by atoms with Gasteiger partial charge in [-0.15, -0.1) is 0 Å². The SMILES string of the molecule is Cc1cc(NCC(O)CO)nc(-c2ccc(F)c(F)c2)n1. The number of halogens is 2. The monoisotopic (exact) mass is 295 g/mol. The van der Waals surface area contributed by atoms with Crippen molar-refractivity contribution in [2.24, 2.45) is 0 Å². The lowest BCUT2D eigenvalue weighted by Crippen LogP contribution is -2.23. The summed E-state index contributed by atoms with van der Waals surface area (Å²) in [4.78, 5) is 8.35. The van der Waals surface area contributed by atoms with E-state index in [-0.39, 0.29) is 19.0 Å². The van der Waals surface area contributed by atoms with Crippen LogP contribution in [0.1, 0.15) is 5.69 Å². The second-order valence-electron chi connectivity index (χ2n) is 4.56. The minimum absolute atomic E-state index is 0.115. The summed E-state index contributed by atoms with van der Waals surface area (Å²) in [5.41, 5.74) is 0.981. The summed E-state index contributed by atoms with van der Waals surface area (Å²) in [5.74, 6) is -1.23. The predicted molar refractivity (Wildman–Crippen MR) is 73.7 cm³/mol. The number of nitrogens with one attached hydrogen (secondary N) is 1. The number of aryl methyl sites for hydroxylation is 1. The number of hydrogen-bond acceptors (Lipinski definition) is 5. The van der Waals surface area contributed by atoms with Crippen LogP contribution < -0.4 is 5.32 Å². The van der Waals surface area contributed by atoms with Gasteiger partial charge in [0, 0.05) is 23.9 Å². The molecule has 7 heteroatoms. The second kappa shape index (κ2) is 6.55. The Morgan fingerprint density at radius 1 is 1.19 bits per heavy atom. The van der Waals surface area contributed by atoms with Crippen LogP contribution in [0.15, 0.2) is 24.3 Å². The van der Waals surface area contributed by atoms with Crippen LogP contribution in [0.3, 0.4) is 0 Å². The molecule has 0 aliphatic rings. The van der Waals surface area contributed by atoms with Crippen LogP contribution in [0.5, 0.6) is 0 Å². The molecule has 2 rings (SSSR count). The summed E-state index contributed by atoms with van der Waals surface area (Å²) in [7, 11) is 0. The molecule has 2 aromatic rings. The number of nitrogens with zero attached hydrogens (tertiary/aromatic N) is 2. The lowest BCUT2D eigenvalue weighted by atomic mass is 10.2. The number of aromatic nitrogens is 2. The van der Waals surface area contributed by atoms with Gasteiger partial charge in [-0.1, -0.05) is 0 Å². The molecule has 0 spiro atoms. The maximum atomic E-state index is 13.3. The van der Waals surface area contributed by atoms with Gasteiger partial charge in [-0.3, -0.25) is 0 Å². The number of benzene rings is 1. The summed E-state index contributed by atoms with van der Waals surface area (Å²) in [5, 5.41) is 20.9. The number of anilines is 1. The van der Waals surface area contributed by atoms with Crippen molar-refractivity contribution in [2.45, 2.75) is 13.0 Å². The summed E-state index contributed by atoms with van der Waals surface area (Å²) < 4.78 is 26.2. The average molecular weight is 295 g/mol. The normalized spacial score (nSPS) is 12.2. The van der Waals surface area contributed by atoms with E-state index in [0.29, 0.717) is 17.1 Å². The average Bonchev–Trinajstić information content (AvgIpc) is 2.47. The molecule has 1 aromatic carbocycles. The molecule has 5 nitrogen and oxygen atoms in total. The number of aliphatic hydroxyl groups is 2. The van der Waals surface area contributed by atoms with E-state index in [1.54, 1.807) is 13.0 Å². The Hall–Kier alpha value is -2.12. The van der Waals surface area contributed by atoms with E-state index in [1.165, 1.54) is 6.07 Å². The lowest BCUT2D eigenvalue weighted by molar-refractivity contribution is 0.105. The van der Waals surface area contributed by atoms with Gasteiger partial charge in [0.2, 0.25) is 0 Å². The molecule has 0 amide bonds. The van der Waals surface area contributed by atoms with Crippen molar-refractivity contribution in [3.63, 3.8) is 0 Å². The molecule has 0 bridgehead atoms. The molecule has 0 aliphatic carbocycles. The van der Waals surface area contributed by atoms with Gasteiger partial charge in [-0.2, -0.15) is 0 Å². The molecular formula is C14H15F2N3O2. The summed E-state index contributed by atoms with van der Waals surface area (Å²) in [6.07, 6.45) is -0.910. The fourth-order valence-corrected chi connectivity index (χ4v) is 1.71. The predicted octanol–water partition coefficient (Wildman–Crippen LogP) is 1.50. The Bertz CT molecular complexity index is 638. The molecule has 21 heavy (non-hydrogen) atoms. The van der Waals surface area contributed by atoms with Crippen LogP contribution in [-0.2, 0) is 0 Å². The standard InChI is InChI=1S/C14H15F2N3O2/c1-8-4-13(17-6-10(21)7-20)19-14(18-8)9-2-3-11(15)12(16)5-9/h2-5,10,20-21H,6-7H2,1H3,(H,17,18,19). The fourth-order valence-electron chi connectivity index (χ4n) is 1.71. The van der Waals surface area contributed by atoms with Gasteiger partial charge in [-0.25, -0.2) is 18.7 Å². The van der Waals surface area contributed by atoms with E-state index in [1.807, 2.05) is 0 Å². The third kappa shape index (κ3) is 3.93. The molecule has 3 N–H and O–H groups in total. The summed E-state index contributed by atoms with van der Waals surface area (Å²) >= 11 is 0. The highest BCUT2D eigenvalue weighted by Crippen LogP contribution is 2.20. The zero-order valence-corrected chi connectivity index (χ0v) is 11.3. The largest absolute Gasteiger partial charge is 0.394 e. The number of hydrogen-bond donors (Lipinski definition) is 3. The van der Waals surface area contributed by atoms with Gasteiger partial charge in [0.05, 0.1) is 12.7 Å². The third-order valence-electron chi connectivity index (χ3n) is 2.76. The van der Waals surface area contributed by atoms with Crippen LogP contribution >= 0.6 is 0 Å². The third-order valence-corrected chi connectivity index (χ3v) is 2.76. The van der Waals surface area contributed by atoms with Crippen LogP contribution in [-0.4, -0.2) is 39.4 Å². The summed E-state index contributed by atoms with van der Waals surface area (Å²) in [6, 6.07) is 5.07. The Morgan fingerprint density at radius 3 is 2.62 bits per heavy atom. The van der Waals surface area contributed by atoms with Crippen LogP contribution in [0, 0.1) is 18.6 Å². The molecule has 0 saturated heterocycles. The van der Waals surface area contributed by atoms with E-state index in [2.05, 4.69) is 15.3 Å². The highest BCUT2D eigenvalue weighted by molar-refractivity contribution is 5.57. The van der Waals surface area contributed by atoms with Crippen molar-refractivity contribution in [2.75, 3.05) is 18.5 Å². The molecule has 1 aromatic heterocycles. The molecule has 0 saturated carbocycles. The highest BCUT2D eigenvalue weighted by atomic mass is 19.2. The zero-order valence-electron chi connectivity index (χ0n) is 11.3. The maximum absolute atomic E-state index is 13.3. The van der Waals surface area contributed by atoms with Crippen molar-refractivity contribution in [3.05, 3.63) is 41.6 Å². The fraction of sp³-hybridized carbons (Fsp3) is 0.286. The van der Waals surface area contributed by atoms with E-state index < -0.39 is 17.7 Å². The first kappa shape index (κ1) is 15.3. The van der Waals surface area contributed by atoms with Gasteiger partial charge in [0.25, 0.3) is 0 Å². The smallest absolute Gasteiger partial charge is 0.161 e. The second-order valence-corrected chi connectivity index (χ2v) is 4.56. The number of rotatable bonds is 5. The molecule has 0 fully saturated rings. The molecule has 1 unspecified atom stereocenters. The molecule has 1 heterocycles. The van der Waals surface area contributed by atoms with Gasteiger partial charge in [0.15, 0.2) is 17.5 Å². The van der Waals surface area contributed by atoms with Crippen molar-refractivity contribution >= 4 is 5.82 Å². The van der Waals surface area contributed by atoms with E-state index >= 15 is 0 Å². The topological polar surface area (TPSA) is 78.3 Å². The zero-order chi connectivity index (χ0) is 15.4. The van der Waals surface area contributed by atoms with Crippen LogP contribution in [0.25, 0.3) is 11.4 Å². The minimum atomic E-state index is -0.970. The molecule has 0 radical (unpaired) electrons. The summed E-state index contributed by atoms with van der Waals surface area (Å²) in [6.45, 7) is 1.48. The van der Waals surface area contributed by atoms with Gasteiger partial charge in [-0.05, 0) is 25.1 Å². The Labute approximate surface area is 120 Å².